The van der Waals surface area contributed by atoms with Gasteiger partial charge in [0.1, 0.15) is 5.75 Å². The van der Waals surface area contributed by atoms with Crippen molar-refractivity contribution in [3.05, 3.63) is 70.5 Å². The molecule has 1 saturated heterocycles. The summed E-state index contributed by atoms with van der Waals surface area (Å²) in [5, 5.41) is 5.72. The quantitative estimate of drug-likeness (QED) is 0.318. The Labute approximate surface area is 248 Å². The van der Waals surface area contributed by atoms with Gasteiger partial charge in [0.25, 0.3) is 5.91 Å². The number of aromatic nitrogens is 2. The van der Waals surface area contributed by atoms with Crippen LogP contribution in [0.4, 0.5) is 30.5 Å². The number of nitrogens with zero attached hydrogens (tertiary/aromatic N) is 3. The van der Waals surface area contributed by atoms with Crippen LogP contribution in [0.2, 0.25) is 0 Å². The zero-order valence-electron chi connectivity index (χ0n) is 24.3. The molecule has 14 heteroatoms. The summed E-state index contributed by atoms with van der Waals surface area (Å²) in [4.78, 5) is 20.7. The van der Waals surface area contributed by atoms with E-state index >= 15 is 0 Å². The lowest BCUT2D eigenvalue weighted by atomic mass is 10.0. The van der Waals surface area contributed by atoms with Gasteiger partial charge in [0, 0.05) is 32.0 Å². The van der Waals surface area contributed by atoms with Gasteiger partial charge in [-0.05, 0) is 68.0 Å². The number of carbonyl (C=O) groups is 1. The van der Waals surface area contributed by atoms with Crippen LogP contribution < -0.4 is 19.7 Å². The molecule has 0 spiro atoms. The first kappa shape index (κ1) is 32.0. The van der Waals surface area contributed by atoms with Crippen LogP contribution in [-0.2, 0) is 33.8 Å². The average molecular weight is 622 g/mol. The number of halogens is 3. The van der Waals surface area contributed by atoms with Crippen LogP contribution in [0.3, 0.4) is 0 Å². The van der Waals surface area contributed by atoms with Gasteiger partial charge in [-0.2, -0.15) is 13.2 Å². The Morgan fingerprint density at radius 3 is 2.60 bits per heavy atom. The summed E-state index contributed by atoms with van der Waals surface area (Å²) in [6, 6.07) is 9.76. The molecule has 2 heterocycles. The summed E-state index contributed by atoms with van der Waals surface area (Å²) in [7, 11) is -0.798. The van der Waals surface area contributed by atoms with Crippen molar-refractivity contribution in [2.45, 2.75) is 44.9 Å². The molecule has 2 aromatic carbocycles. The summed E-state index contributed by atoms with van der Waals surface area (Å²) in [5.41, 5.74) is 1.17. The van der Waals surface area contributed by atoms with Gasteiger partial charge in [-0.1, -0.05) is 12.1 Å². The molecule has 232 valence electrons. The largest absolute Gasteiger partial charge is 0.495 e. The standard InChI is InChI=1S/C29H34F3N5O5S/c1-18-7-8-19(25(14-18)37(2)43(4,39)40)9-11-23-22(29(30,31)32)17-34-28(35-23)36-24-12-10-20(15-26(24)41-3)27(38)33-16-21-6-5-13-42-21/h7-8,10,12,14-15,17,21H,5-6,9,11,13,16H2,1-4H3,(H,33,38)(H,34,35,36). The van der Waals surface area contributed by atoms with Crippen molar-refractivity contribution in [1.29, 1.82) is 0 Å². The fourth-order valence-electron chi connectivity index (χ4n) is 4.68. The molecule has 1 aliphatic heterocycles. The van der Waals surface area contributed by atoms with Crippen LogP contribution >= 0.6 is 0 Å². The second kappa shape index (κ2) is 13.2. The number of sulfonamides is 1. The zero-order valence-corrected chi connectivity index (χ0v) is 25.1. The average Bonchev–Trinajstić information content (AvgIpc) is 3.48. The van der Waals surface area contributed by atoms with E-state index in [0.717, 1.165) is 29.0 Å². The van der Waals surface area contributed by atoms with Crippen LogP contribution in [-0.4, -0.2) is 64.0 Å². The normalized spacial score (nSPS) is 15.3. The Hall–Kier alpha value is -3.91. The summed E-state index contributed by atoms with van der Waals surface area (Å²) < 4.78 is 78.1. The molecule has 0 bridgehead atoms. The highest BCUT2D eigenvalue weighted by Gasteiger charge is 2.35. The van der Waals surface area contributed by atoms with Crippen molar-refractivity contribution in [2.24, 2.45) is 0 Å². The van der Waals surface area contributed by atoms with Crippen LogP contribution in [0.15, 0.2) is 42.6 Å². The highest BCUT2D eigenvalue weighted by Crippen LogP contribution is 2.34. The fourth-order valence-corrected chi connectivity index (χ4v) is 5.21. The first-order valence-corrected chi connectivity index (χ1v) is 15.4. The van der Waals surface area contributed by atoms with E-state index in [1.807, 2.05) is 0 Å². The van der Waals surface area contributed by atoms with Gasteiger partial charge in [0.2, 0.25) is 16.0 Å². The number of amides is 1. The van der Waals surface area contributed by atoms with Gasteiger partial charge in [0.15, 0.2) is 0 Å². The van der Waals surface area contributed by atoms with E-state index < -0.39 is 21.8 Å². The highest BCUT2D eigenvalue weighted by atomic mass is 32.2. The van der Waals surface area contributed by atoms with Crippen LogP contribution in [0.5, 0.6) is 5.75 Å². The summed E-state index contributed by atoms with van der Waals surface area (Å²) in [6.07, 6.45) is -1.17. The molecule has 0 aliphatic carbocycles. The molecule has 3 aromatic rings. The Morgan fingerprint density at radius 1 is 1.19 bits per heavy atom. The van der Waals surface area contributed by atoms with E-state index in [-0.39, 0.29) is 42.2 Å². The van der Waals surface area contributed by atoms with E-state index in [1.54, 1.807) is 37.3 Å². The maximum atomic E-state index is 13.9. The fraction of sp³-hybridized carbons (Fsp3) is 0.414. The zero-order chi connectivity index (χ0) is 31.4. The van der Waals surface area contributed by atoms with E-state index in [2.05, 4.69) is 20.6 Å². The Balaban J connectivity index is 1.56. The number of benzene rings is 2. The van der Waals surface area contributed by atoms with Gasteiger partial charge >= 0.3 is 6.18 Å². The number of anilines is 3. The maximum absolute atomic E-state index is 13.9. The number of methoxy groups -OCH3 is 1. The van der Waals surface area contributed by atoms with E-state index in [9.17, 15) is 26.4 Å². The Kier molecular flexibility index (Phi) is 9.80. The van der Waals surface area contributed by atoms with E-state index in [0.29, 0.717) is 41.9 Å². The van der Waals surface area contributed by atoms with Crippen LogP contribution in [0.1, 0.15) is 45.6 Å². The smallest absolute Gasteiger partial charge is 0.419 e. The molecule has 0 radical (unpaired) electrons. The number of aryl methyl sites for hydroxylation is 3. The second-order valence-corrected chi connectivity index (χ2v) is 12.3. The molecule has 4 rings (SSSR count). The molecule has 43 heavy (non-hydrogen) atoms. The molecule has 1 fully saturated rings. The van der Waals surface area contributed by atoms with E-state index in [1.165, 1.54) is 20.2 Å². The molecule has 0 saturated carbocycles. The van der Waals surface area contributed by atoms with Crippen molar-refractivity contribution < 1.29 is 35.9 Å². The molecule has 1 aliphatic rings. The minimum absolute atomic E-state index is 0.0176. The topological polar surface area (TPSA) is 123 Å². The highest BCUT2D eigenvalue weighted by molar-refractivity contribution is 7.92. The third-order valence-electron chi connectivity index (χ3n) is 7.11. The van der Waals surface area contributed by atoms with Gasteiger partial charge in [-0.15, -0.1) is 0 Å². The lowest BCUT2D eigenvalue weighted by molar-refractivity contribution is -0.138. The number of hydrogen-bond donors (Lipinski definition) is 2. The van der Waals surface area contributed by atoms with Crippen molar-refractivity contribution >= 4 is 33.3 Å². The van der Waals surface area contributed by atoms with Crippen molar-refractivity contribution in [1.82, 2.24) is 15.3 Å². The number of ether oxygens (including phenoxy) is 2. The molecular formula is C29H34F3N5O5S. The van der Waals surface area contributed by atoms with Crippen LogP contribution in [0, 0.1) is 6.92 Å². The van der Waals surface area contributed by atoms with Gasteiger partial charge in [-0.25, -0.2) is 18.4 Å². The number of alkyl halides is 3. The SMILES string of the molecule is COc1cc(C(=O)NCC2CCCO2)ccc1Nc1ncc(C(F)(F)F)c(CCc2ccc(C)cc2N(C)S(C)(=O)=O)n1. The van der Waals surface area contributed by atoms with Gasteiger partial charge in [-0.3, -0.25) is 9.10 Å². The first-order valence-electron chi connectivity index (χ1n) is 13.6. The lowest BCUT2D eigenvalue weighted by Crippen LogP contribution is -2.31. The van der Waals surface area contributed by atoms with Crippen molar-refractivity contribution in [3.63, 3.8) is 0 Å². The molecule has 1 unspecified atom stereocenters. The Morgan fingerprint density at radius 2 is 1.95 bits per heavy atom. The maximum Gasteiger partial charge on any atom is 0.419 e. The molecule has 1 atom stereocenters. The van der Waals surface area contributed by atoms with Crippen LogP contribution in [0.25, 0.3) is 0 Å². The third-order valence-corrected chi connectivity index (χ3v) is 8.30. The second-order valence-electron chi connectivity index (χ2n) is 10.3. The summed E-state index contributed by atoms with van der Waals surface area (Å²) in [6.45, 7) is 2.86. The predicted octanol–water partition coefficient (Wildman–Crippen LogP) is 4.65. The van der Waals surface area contributed by atoms with Gasteiger partial charge in [0.05, 0.1) is 42.1 Å². The first-order chi connectivity index (χ1) is 20.3. The molecule has 1 amide bonds. The number of hydrogen-bond acceptors (Lipinski definition) is 8. The monoisotopic (exact) mass is 621 g/mol. The third kappa shape index (κ3) is 8.14. The van der Waals surface area contributed by atoms with Crippen molar-refractivity contribution in [2.75, 3.05) is 43.2 Å². The Bertz CT molecular complexity index is 1580. The number of nitrogens with one attached hydrogen (secondary N) is 2. The molecule has 10 nitrogen and oxygen atoms in total. The minimum atomic E-state index is -4.70. The lowest BCUT2D eigenvalue weighted by Gasteiger charge is -2.21. The summed E-state index contributed by atoms with van der Waals surface area (Å²) in [5.74, 6) is -0.150. The van der Waals surface area contributed by atoms with Crippen molar-refractivity contribution in [3.8, 4) is 5.75 Å². The minimum Gasteiger partial charge on any atom is -0.495 e. The van der Waals surface area contributed by atoms with Gasteiger partial charge < -0.3 is 20.1 Å². The summed E-state index contributed by atoms with van der Waals surface area (Å²) >= 11 is 0. The molecular weight excluding hydrogens is 587 g/mol. The number of rotatable bonds is 11. The predicted molar refractivity (Wildman–Crippen MR) is 156 cm³/mol. The van der Waals surface area contributed by atoms with E-state index in [4.69, 9.17) is 9.47 Å². The molecule has 1 aromatic heterocycles. The number of carbonyl (C=O) groups excluding carboxylic acids is 1. The molecule has 2 N–H and O–H groups in total.